The van der Waals surface area contributed by atoms with E-state index in [0.717, 1.165) is 11.8 Å². The van der Waals surface area contributed by atoms with Crippen molar-refractivity contribution in [3.63, 3.8) is 0 Å². The molecule has 0 aromatic carbocycles. The number of allylic oxidation sites excluding steroid dienone is 1. The lowest BCUT2D eigenvalue weighted by atomic mass is 10.1. The zero-order valence-corrected chi connectivity index (χ0v) is 20.9. The molecule has 0 N–H and O–H groups in total. The maximum absolute atomic E-state index is 3.72. The number of hydrogen-bond donors (Lipinski definition) is 0. The molecule has 1 rings (SSSR count). The Morgan fingerprint density at radius 3 is 1.36 bits per heavy atom. The van der Waals surface area contributed by atoms with Crippen LogP contribution in [0.3, 0.4) is 0 Å². The molecule has 0 aromatic rings. The average Bonchev–Trinajstić information content (AvgIpc) is 3.43. The lowest BCUT2D eigenvalue weighted by Crippen LogP contribution is -1.83. The van der Waals surface area contributed by atoms with Gasteiger partial charge in [0.15, 0.2) is 0 Å². The largest absolute Gasteiger partial charge is 0.103 e. The van der Waals surface area contributed by atoms with Crippen LogP contribution in [0.25, 0.3) is 0 Å². The Morgan fingerprint density at radius 1 is 0.643 bits per heavy atom. The second-order valence-electron chi connectivity index (χ2n) is 8.79. The lowest BCUT2D eigenvalue weighted by Gasteiger charge is -2.01. The quantitative estimate of drug-likeness (QED) is 0.160. The highest BCUT2D eigenvalue weighted by atomic mass is 14.4. The van der Waals surface area contributed by atoms with Gasteiger partial charge in [0.25, 0.3) is 0 Å². The van der Waals surface area contributed by atoms with Crippen molar-refractivity contribution in [1.29, 1.82) is 0 Å². The van der Waals surface area contributed by atoms with Gasteiger partial charge in [0.2, 0.25) is 0 Å². The Labute approximate surface area is 181 Å². The van der Waals surface area contributed by atoms with Crippen LogP contribution in [-0.2, 0) is 0 Å². The molecule has 0 radical (unpaired) electrons. The number of hydrogen-bond acceptors (Lipinski definition) is 0. The van der Waals surface area contributed by atoms with Crippen molar-refractivity contribution in [3.05, 3.63) is 12.7 Å². The third kappa shape index (κ3) is 25.7. The van der Waals surface area contributed by atoms with Gasteiger partial charge in [0.05, 0.1) is 0 Å². The van der Waals surface area contributed by atoms with Crippen molar-refractivity contribution >= 4 is 0 Å². The zero-order valence-electron chi connectivity index (χ0n) is 20.9. The molecule has 0 bridgehead atoms. The van der Waals surface area contributed by atoms with Gasteiger partial charge in [0, 0.05) is 0 Å². The molecule has 0 spiro atoms. The van der Waals surface area contributed by atoms with E-state index in [1.54, 1.807) is 0 Å². The molecule has 28 heavy (non-hydrogen) atoms. The molecular formula is C28H58. The summed E-state index contributed by atoms with van der Waals surface area (Å²) in [6, 6.07) is 0. The maximum atomic E-state index is 3.72. The molecule has 170 valence electrons. The molecule has 1 aliphatic carbocycles. The van der Waals surface area contributed by atoms with Gasteiger partial charge in [-0.15, -0.1) is 6.58 Å². The zero-order chi connectivity index (χ0) is 21.3. The van der Waals surface area contributed by atoms with Gasteiger partial charge in [-0.25, -0.2) is 0 Å². The van der Waals surface area contributed by atoms with E-state index in [9.17, 15) is 0 Å². The topological polar surface area (TPSA) is 0 Å². The highest BCUT2D eigenvalue weighted by Crippen LogP contribution is 2.41. The third-order valence-corrected chi connectivity index (χ3v) is 5.97. The molecule has 1 saturated carbocycles. The van der Waals surface area contributed by atoms with Gasteiger partial charge in [-0.05, 0) is 31.1 Å². The Balaban J connectivity index is 0. The number of unbranched alkanes of at least 4 members (excludes halogenated alkanes) is 15. The minimum Gasteiger partial charge on any atom is -0.103 e. The Morgan fingerprint density at radius 2 is 1.00 bits per heavy atom. The van der Waals surface area contributed by atoms with Gasteiger partial charge in [-0.3, -0.25) is 0 Å². The van der Waals surface area contributed by atoms with Crippen molar-refractivity contribution in [2.75, 3.05) is 0 Å². The van der Waals surface area contributed by atoms with Crippen LogP contribution >= 0.6 is 0 Å². The molecule has 0 amide bonds. The van der Waals surface area contributed by atoms with Crippen LogP contribution in [-0.4, -0.2) is 0 Å². The van der Waals surface area contributed by atoms with E-state index in [0.29, 0.717) is 0 Å². The second-order valence-corrected chi connectivity index (χ2v) is 8.79. The predicted octanol–water partition coefficient (Wildman–Crippen LogP) is 10.9. The van der Waals surface area contributed by atoms with Gasteiger partial charge in [-0.1, -0.05) is 143 Å². The molecule has 0 aromatic heterocycles. The van der Waals surface area contributed by atoms with E-state index >= 15 is 0 Å². The Bertz CT molecular complexity index is 267. The van der Waals surface area contributed by atoms with Crippen molar-refractivity contribution in [1.82, 2.24) is 0 Å². The second kappa shape index (κ2) is 26.7. The summed E-state index contributed by atoms with van der Waals surface area (Å²) in [6.07, 6.45) is 29.3. The van der Waals surface area contributed by atoms with Gasteiger partial charge < -0.3 is 0 Å². The van der Waals surface area contributed by atoms with Crippen LogP contribution < -0.4 is 0 Å². The smallest absolute Gasteiger partial charge is 0.0353 e. The average molecular weight is 395 g/mol. The molecule has 0 heteroatoms. The van der Waals surface area contributed by atoms with Crippen LogP contribution in [0.15, 0.2) is 12.7 Å². The molecule has 1 fully saturated rings. The monoisotopic (exact) mass is 394 g/mol. The van der Waals surface area contributed by atoms with Crippen molar-refractivity contribution in [2.45, 2.75) is 157 Å². The van der Waals surface area contributed by atoms with Crippen molar-refractivity contribution in [3.8, 4) is 0 Å². The molecule has 0 heterocycles. The fourth-order valence-corrected chi connectivity index (χ4v) is 3.76. The summed E-state index contributed by atoms with van der Waals surface area (Å²) >= 11 is 0. The Hall–Kier alpha value is -0.260. The molecule has 2 atom stereocenters. The highest BCUT2D eigenvalue weighted by molar-refractivity contribution is 4.81. The van der Waals surface area contributed by atoms with Crippen LogP contribution in [0.2, 0.25) is 0 Å². The highest BCUT2D eigenvalue weighted by Gasteiger charge is 2.31. The lowest BCUT2D eigenvalue weighted by molar-refractivity contribution is 0.542. The SMILES string of the molecule is C=CCCCCCCCCCC.CC.CCCCCCCCCCC1CC1C. The molecule has 1 aliphatic rings. The molecule has 2 unspecified atom stereocenters. The van der Waals surface area contributed by atoms with Crippen LogP contribution in [0.1, 0.15) is 157 Å². The van der Waals surface area contributed by atoms with Crippen LogP contribution in [0, 0.1) is 11.8 Å². The third-order valence-electron chi connectivity index (χ3n) is 5.97. The summed E-state index contributed by atoms with van der Waals surface area (Å²) in [5.74, 6) is 2.19. The van der Waals surface area contributed by atoms with Crippen molar-refractivity contribution < 1.29 is 0 Å². The van der Waals surface area contributed by atoms with E-state index in [2.05, 4.69) is 27.4 Å². The van der Waals surface area contributed by atoms with E-state index in [1.165, 1.54) is 122 Å². The van der Waals surface area contributed by atoms with E-state index < -0.39 is 0 Å². The minimum atomic E-state index is 1.07. The van der Waals surface area contributed by atoms with Crippen LogP contribution in [0.5, 0.6) is 0 Å². The van der Waals surface area contributed by atoms with Crippen LogP contribution in [0.4, 0.5) is 0 Å². The first-order chi connectivity index (χ1) is 13.8. The summed E-state index contributed by atoms with van der Waals surface area (Å²) in [4.78, 5) is 0. The van der Waals surface area contributed by atoms with E-state index in [-0.39, 0.29) is 0 Å². The molecule has 0 saturated heterocycles. The van der Waals surface area contributed by atoms with Gasteiger partial charge >= 0.3 is 0 Å². The summed E-state index contributed by atoms with van der Waals surface area (Å²) in [7, 11) is 0. The van der Waals surface area contributed by atoms with E-state index in [4.69, 9.17) is 0 Å². The summed E-state index contributed by atoms with van der Waals surface area (Å²) in [5.41, 5.74) is 0. The fourth-order valence-electron chi connectivity index (χ4n) is 3.76. The maximum Gasteiger partial charge on any atom is -0.0353 e. The summed E-state index contributed by atoms with van der Waals surface area (Å²) < 4.78 is 0. The van der Waals surface area contributed by atoms with Gasteiger partial charge in [-0.2, -0.15) is 0 Å². The number of rotatable bonds is 18. The summed E-state index contributed by atoms with van der Waals surface area (Å²) in [6.45, 7) is 14.7. The van der Waals surface area contributed by atoms with E-state index in [1.807, 2.05) is 19.9 Å². The normalized spacial score (nSPS) is 17.2. The summed E-state index contributed by atoms with van der Waals surface area (Å²) in [5, 5.41) is 0. The van der Waals surface area contributed by atoms with Crippen molar-refractivity contribution in [2.24, 2.45) is 11.8 Å². The molecule has 0 aliphatic heterocycles. The molecular weight excluding hydrogens is 336 g/mol. The first-order valence-corrected chi connectivity index (χ1v) is 13.4. The predicted molar refractivity (Wildman–Crippen MR) is 133 cm³/mol. The molecule has 0 nitrogen and oxygen atoms in total. The minimum absolute atomic E-state index is 1.07. The van der Waals surface area contributed by atoms with Gasteiger partial charge in [0.1, 0.15) is 0 Å². The first-order valence-electron chi connectivity index (χ1n) is 13.4. The fraction of sp³-hybridized carbons (Fsp3) is 0.929. The first kappa shape index (κ1) is 29.9. The Kier molecular flexibility index (Phi) is 28.6. The standard InChI is InChI=1S/C14H28.C12H24.C2H6/c1-3-4-5-6-7-8-9-10-11-14-12-13(14)2;1-3-5-7-9-11-12-10-8-6-4-2;1-2/h13-14H,3-12H2,1-2H3;3H,1,4-12H2,2H3;1-2H3.